The molecule has 1 aliphatic rings. The van der Waals surface area contributed by atoms with Gasteiger partial charge in [-0.15, -0.1) is 5.10 Å². The number of ether oxygens (including phenoxy) is 1. The first-order valence-electron chi connectivity index (χ1n) is 5.09. The largest absolute Gasteiger partial charge is 0.375 e. The van der Waals surface area contributed by atoms with Crippen molar-refractivity contribution in [1.29, 1.82) is 0 Å². The van der Waals surface area contributed by atoms with Crippen molar-refractivity contribution >= 4 is 0 Å². The number of hydrogen-bond acceptors (Lipinski definition) is 4. The third-order valence-electron chi connectivity index (χ3n) is 2.42. The van der Waals surface area contributed by atoms with Crippen molar-refractivity contribution in [2.75, 3.05) is 19.7 Å². The van der Waals surface area contributed by atoms with Crippen molar-refractivity contribution in [1.82, 2.24) is 20.3 Å². The highest BCUT2D eigenvalue weighted by Crippen LogP contribution is 2.13. The zero-order valence-electron chi connectivity index (χ0n) is 8.44. The van der Waals surface area contributed by atoms with Gasteiger partial charge in [0.1, 0.15) is 5.69 Å². The van der Waals surface area contributed by atoms with E-state index in [1.165, 1.54) is 0 Å². The van der Waals surface area contributed by atoms with E-state index in [2.05, 4.69) is 15.6 Å². The van der Waals surface area contributed by atoms with Gasteiger partial charge in [0.2, 0.25) is 0 Å². The Labute approximate surface area is 83.4 Å². The summed E-state index contributed by atoms with van der Waals surface area (Å²) in [5, 5.41) is 11.5. The van der Waals surface area contributed by atoms with Crippen LogP contribution in [-0.4, -0.2) is 34.7 Å². The third-order valence-corrected chi connectivity index (χ3v) is 2.42. The molecule has 0 aromatic carbocycles. The molecular weight excluding hydrogens is 180 g/mol. The van der Waals surface area contributed by atoms with E-state index < -0.39 is 0 Å². The van der Waals surface area contributed by atoms with Crippen LogP contribution in [0, 0.1) is 0 Å². The Morgan fingerprint density at radius 2 is 2.64 bits per heavy atom. The van der Waals surface area contributed by atoms with E-state index in [1.54, 1.807) is 0 Å². The molecule has 1 aromatic rings. The van der Waals surface area contributed by atoms with Crippen LogP contribution in [0.3, 0.4) is 0 Å². The number of aromatic nitrogens is 3. The van der Waals surface area contributed by atoms with E-state index in [1.807, 2.05) is 17.8 Å². The molecule has 0 bridgehead atoms. The van der Waals surface area contributed by atoms with Gasteiger partial charge in [0.15, 0.2) is 0 Å². The van der Waals surface area contributed by atoms with Gasteiger partial charge < -0.3 is 10.1 Å². The van der Waals surface area contributed by atoms with Gasteiger partial charge in [-0.2, -0.15) is 0 Å². The van der Waals surface area contributed by atoms with Crippen LogP contribution in [0.4, 0.5) is 0 Å². The van der Waals surface area contributed by atoms with Gasteiger partial charge in [0.05, 0.1) is 18.8 Å². The summed E-state index contributed by atoms with van der Waals surface area (Å²) in [5.41, 5.74) is 0.916. The molecule has 2 rings (SSSR count). The smallest absolute Gasteiger partial charge is 0.108 e. The molecule has 5 nitrogen and oxygen atoms in total. The summed E-state index contributed by atoms with van der Waals surface area (Å²) in [6.07, 6.45) is 3.12. The maximum absolute atomic E-state index is 5.26. The second-order valence-corrected chi connectivity index (χ2v) is 3.47. The average molecular weight is 196 g/mol. The third kappa shape index (κ3) is 2.10. The van der Waals surface area contributed by atoms with Crippen LogP contribution < -0.4 is 5.32 Å². The maximum atomic E-state index is 5.26. The fraction of sp³-hybridized carbons (Fsp3) is 0.778. The van der Waals surface area contributed by atoms with Crippen molar-refractivity contribution < 1.29 is 4.74 Å². The minimum absolute atomic E-state index is 0.470. The summed E-state index contributed by atoms with van der Waals surface area (Å²) in [6.45, 7) is 5.34. The highest BCUT2D eigenvalue weighted by Gasteiger charge is 2.17. The lowest BCUT2D eigenvalue weighted by molar-refractivity contribution is 0.131. The van der Waals surface area contributed by atoms with E-state index in [0.717, 1.165) is 31.8 Å². The summed E-state index contributed by atoms with van der Waals surface area (Å²) in [6, 6.07) is 0.470. The van der Waals surface area contributed by atoms with E-state index >= 15 is 0 Å². The zero-order chi connectivity index (χ0) is 9.80. The van der Waals surface area contributed by atoms with Gasteiger partial charge >= 0.3 is 0 Å². The monoisotopic (exact) mass is 196 g/mol. The molecule has 0 aliphatic carbocycles. The van der Waals surface area contributed by atoms with Gasteiger partial charge in [0.25, 0.3) is 0 Å². The lowest BCUT2D eigenvalue weighted by Crippen LogP contribution is -2.13. The predicted molar refractivity (Wildman–Crippen MR) is 51.9 cm³/mol. The van der Waals surface area contributed by atoms with Gasteiger partial charge in [-0.05, 0) is 19.9 Å². The standard InChI is InChI=1S/C9H16N4O/c1-2-14-7-8-6-13(12-11-8)9-3-4-10-5-9/h6,9-10H,2-5,7H2,1H3/t9-/m0/s1. The van der Waals surface area contributed by atoms with Crippen LogP contribution in [0.25, 0.3) is 0 Å². The van der Waals surface area contributed by atoms with Crippen LogP contribution >= 0.6 is 0 Å². The predicted octanol–water partition coefficient (Wildman–Crippen LogP) is 0.349. The average Bonchev–Trinajstić information content (AvgIpc) is 2.85. The van der Waals surface area contributed by atoms with E-state index in [9.17, 15) is 0 Å². The minimum Gasteiger partial charge on any atom is -0.375 e. The Bertz CT molecular complexity index is 280. The molecule has 1 aromatic heterocycles. The zero-order valence-corrected chi connectivity index (χ0v) is 8.44. The second kappa shape index (κ2) is 4.52. The second-order valence-electron chi connectivity index (χ2n) is 3.47. The van der Waals surface area contributed by atoms with E-state index in [-0.39, 0.29) is 0 Å². The van der Waals surface area contributed by atoms with Crippen molar-refractivity contribution in [3.05, 3.63) is 11.9 Å². The molecule has 1 N–H and O–H groups in total. The number of nitrogens with one attached hydrogen (secondary N) is 1. The Morgan fingerprint density at radius 3 is 3.36 bits per heavy atom. The molecular formula is C9H16N4O. The Balaban J connectivity index is 1.94. The molecule has 1 aliphatic heterocycles. The van der Waals surface area contributed by atoms with Crippen LogP contribution in [0.2, 0.25) is 0 Å². The quantitative estimate of drug-likeness (QED) is 0.755. The Hall–Kier alpha value is -0.940. The van der Waals surface area contributed by atoms with Gasteiger partial charge in [-0.25, -0.2) is 4.68 Å². The fourth-order valence-electron chi connectivity index (χ4n) is 1.63. The van der Waals surface area contributed by atoms with Crippen LogP contribution in [0.5, 0.6) is 0 Å². The summed E-state index contributed by atoms with van der Waals surface area (Å²) in [7, 11) is 0. The molecule has 5 heteroatoms. The first-order chi connectivity index (χ1) is 6.90. The molecule has 0 radical (unpaired) electrons. The lowest BCUT2D eigenvalue weighted by atomic mass is 10.3. The SMILES string of the molecule is CCOCc1cn([C@H]2CCNC2)nn1. The Morgan fingerprint density at radius 1 is 1.71 bits per heavy atom. The van der Waals surface area contributed by atoms with Crippen molar-refractivity contribution in [3.63, 3.8) is 0 Å². The molecule has 1 saturated heterocycles. The topological polar surface area (TPSA) is 52.0 Å². The summed E-state index contributed by atoms with van der Waals surface area (Å²) in [4.78, 5) is 0. The van der Waals surface area contributed by atoms with Crippen molar-refractivity contribution in [2.45, 2.75) is 26.0 Å². The summed E-state index contributed by atoms with van der Waals surface area (Å²) >= 11 is 0. The highest BCUT2D eigenvalue weighted by atomic mass is 16.5. The molecule has 0 amide bonds. The van der Waals surface area contributed by atoms with Crippen molar-refractivity contribution in [2.24, 2.45) is 0 Å². The first kappa shape index (κ1) is 9.61. The molecule has 2 heterocycles. The van der Waals surface area contributed by atoms with Gasteiger partial charge in [-0.3, -0.25) is 0 Å². The summed E-state index contributed by atoms with van der Waals surface area (Å²) < 4.78 is 7.20. The van der Waals surface area contributed by atoms with E-state index in [0.29, 0.717) is 12.6 Å². The molecule has 1 atom stereocenters. The van der Waals surface area contributed by atoms with Gasteiger partial charge in [-0.1, -0.05) is 5.21 Å². The molecule has 1 fully saturated rings. The van der Waals surface area contributed by atoms with Gasteiger partial charge in [0, 0.05) is 13.2 Å². The fourth-order valence-corrected chi connectivity index (χ4v) is 1.63. The first-order valence-corrected chi connectivity index (χ1v) is 5.09. The maximum Gasteiger partial charge on any atom is 0.108 e. The number of rotatable bonds is 4. The van der Waals surface area contributed by atoms with Crippen LogP contribution in [0.15, 0.2) is 6.20 Å². The molecule has 0 unspecified atom stereocenters. The van der Waals surface area contributed by atoms with E-state index in [4.69, 9.17) is 4.74 Å². The normalized spacial score (nSPS) is 21.6. The Kier molecular flexibility index (Phi) is 3.10. The molecule has 78 valence electrons. The summed E-state index contributed by atoms with van der Waals surface area (Å²) in [5.74, 6) is 0. The molecule has 14 heavy (non-hydrogen) atoms. The van der Waals surface area contributed by atoms with Crippen molar-refractivity contribution in [3.8, 4) is 0 Å². The number of hydrogen-bond donors (Lipinski definition) is 1. The number of nitrogens with zero attached hydrogens (tertiary/aromatic N) is 3. The lowest BCUT2D eigenvalue weighted by Gasteiger charge is -2.05. The van der Waals surface area contributed by atoms with Crippen LogP contribution in [-0.2, 0) is 11.3 Å². The highest BCUT2D eigenvalue weighted by molar-refractivity contribution is 4.92. The van der Waals surface area contributed by atoms with Crippen LogP contribution in [0.1, 0.15) is 25.1 Å². The minimum atomic E-state index is 0.470. The molecule has 0 spiro atoms. The molecule has 0 saturated carbocycles.